The van der Waals surface area contributed by atoms with Gasteiger partial charge in [0.2, 0.25) is 0 Å². The molecule has 1 saturated heterocycles. The maximum atomic E-state index is 12.7. The summed E-state index contributed by atoms with van der Waals surface area (Å²) < 4.78 is 21.4. The Labute approximate surface area is 217 Å². The number of amides is 1. The van der Waals surface area contributed by atoms with Gasteiger partial charge in [-0.25, -0.2) is 14.3 Å². The van der Waals surface area contributed by atoms with E-state index in [0.717, 1.165) is 18.2 Å². The van der Waals surface area contributed by atoms with E-state index in [2.05, 4.69) is 22.0 Å². The summed E-state index contributed by atoms with van der Waals surface area (Å²) in [6.07, 6.45) is 2.62. The number of ether oxygens (including phenoxy) is 2. The molecule has 0 saturated carbocycles. The van der Waals surface area contributed by atoms with Crippen LogP contribution in [-0.2, 0) is 4.74 Å². The normalized spacial score (nSPS) is 19.9. The van der Waals surface area contributed by atoms with Crippen LogP contribution >= 0.6 is 0 Å². The molecular formula is C24H39B2N6O4. The number of nitrogens with one attached hydrogen (secondary N) is 1. The number of carbonyl (C=O) groups is 1. The lowest BCUT2D eigenvalue weighted by Crippen LogP contribution is -2.51. The van der Waals surface area contributed by atoms with Crippen molar-refractivity contribution < 1.29 is 20.8 Å². The molecular weight excluding hydrogens is 458 g/mol. The lowest BCUT2D eigenvalue weighted by Gasteiger charge is -2.45. The number of piperidine rings is 1. The molecule has 1 amide bonds. The van der Waals surface area contributed by atoms with Crippen LogP contribution in [0, 0.1) is 11.3 Å². The maximum Gasteiger partial charge on any atom is 0.410 e. The van der Waals surface area contributed by atoms with Gasteiger partial charge in [-0.1, -0.05) is 27.2 Å². The monoisotopic (exact) mass is 498 g/mol. The van der Waals surface area contributed by atoms with Crippen molar-refractivity contribution in [1.29, 1.82) is 0 Å². The minimum atomic E-state index is -0.922. The van der Waals surface area contributed by atoms with E-state index in [1.54, 1.807) is 11.1 Å². The third-order valence-electron chi connectivity index (χ3n) is 6.35. The first kappa shape index (κ1) is 26.6. The third-order valence-corrected chi connectivity index (χ3v) is 6.35. The number of aliphatic hydroxyl groups excluding tert-OH is 1. The van der Waals surface area contributed by atoms with Gasteiger partial charge in [0.05, 0.1) is 25.2 Å². The predicted octanol–water partition coefficient (Wildman–Crippen LogP) is 3.17. The van der Waals surface area contributed by atoms with Crippen LogP contribution in [0.15, 0.2) is 6.20 Å². The highest BCUT2D eigenvalue weighted by Crippen LogP contribution is 2.43. The van der Waals surface area contributed by atoms with Gasteiger partial charge in [0, 0.05) is 20.8 Å². The van der Waals surface area contributed by atoms with Crippen molar-refractivity contribution in [2.45, 2.75) is 85.5 Å². The van der Waals surface area contributed by atoms with E-state index in [0.29, 0.717) is 30.9 Å². The van der Waals surface area contributed by atoms with E-state index in [9.17, 15) is 9.90 Å². The van der Waals surface area contributed by atoms with Crippen LogP contribution in [0.25, 0.3) is 5.65 Å². The summed E-state index contributed by atoms with van der Waals surface area (Å²) in [6.45, 7) is 14.5. The number of imidazole rings is 1. The van der Waals surface area contributed by atoms with E-state index in [1.807, 2.05) is 41.5 Å². The molecule has 2 unspecified atom stereocenters. The molecule has 0 aromatic carbocycles. The van der Waals surface area contributed by atoms with Gasteiger partial charge < -0.3 is 24.8 Å². The highest BCUT2D eigenvalue weighted by atomic mass is 16.6. The number of anilines is 1. The fourth-order valence-corrected chi connectivity index (χ4v) is 4.65. The summed E-state index contributed by atoms with van der Waals surface area (Å²) in [5.41, 5.74) is -0.196. The Kier molecular flexibility index (Phi) is 8.32. The van der Waals surface area contributed by atoms with Gasteiger partial charge in [0.25, 0.3) is 0 Å². The van der Waals surface area contributed by atoms with Crippen molar-refractivity contribution in [2.75, 3.05) is 24.8 Å². The summed E-state index contributed by atoms with van der Waals surface area (Å²) in [6, 6.07) is 0.100. The number of aliphatic hydroxyl groups is 1. The fraction of sp³-hybridized carbons (Fsp3) is 0.750. The fourth-order valence-electron chi connectivity index (χ4n) is 4.65. The lowest BCUT2D eigenvalue weighted by atomic mass is 9.56. The van der Waals surface area contributed by atoms with Gasteiger partial charge in [0.1, 0.15) is 11.7 Å². The van der Waals surface area contributed by atoms with Crippen LogP contribution in [0.4, 0.5) is 10.6 Å². The zero-order valence-corrected chi connectivity index (χ0v) is 22.6. The molecule has 0 aliphatic carbocycles. The standard InChI is InChI=1S/C24H39B2N6O4/c1-8-9-15(2)35-21-29-19(28-14-26-25)20-27-12-17(32(20)30-21)18(33)16-10-11-31(13-24(16,6)7)22(34)36-23(3,4)5/h12,15-16,18,33H,8-11,13-14H2,1-7H3,(H,28,29,30)/t15-,16?,18?/m0/s1/i/hD. The van der Waals surface area contributed by atoms with E-state index in [4.69, 9.17) is 18.6 Å². The maximum absolute atomic E-state index is 12.7. The zero-order valence-electron chi connectivity index (χ0n) is 23.6. The Bertz CT molecular complexity index is 1080. The van der Waals surface area contributed by atoms with E-state index < -0.39 is 17.1 Å². The predicted molar refractivity (Wildman–Crippen MR) is 140 cm³/mol. The first-order valence-corrected chi connectivity index (χ1v) is 12.7. The van der Waals surface area contributed by atoms with Gasteiger partial charge in [-0.15, -0.1) is 5.10 Å². The molecule has 12 heteroatoms. The molecule has 2 aromatic rings. The number of hydrogen-bond acceptors (Lipinski definition) is 8. The molecule has 1 aliphatic rings. The Balaban J connectivity index is 1.93. The molecule has 3 atom stereocenters. The average molecular weight is 498 g/mol. The number of rotatable bonds is 9. The van der Waals surface area contributed by atoms with Crippen molar-refractivity contribution in [2.24, 2.45) is 11.3 Å². The highest BCUT2D eigenvalue weighted by molar-refractivity contribution is 6.89. The molecule has 2 aromatic heterocycles. The second-order valence-corrected chi connectivity index (χ2v) is 11.2. The lowest BCUT2D eigenvalue weighted by molar-refractivity contribution is -0.0415. The van der Waals surface area contributed by atoms with Gasteiger partial charge >= 0.3 is 12.1 Å². The number of likely N-dealkylation sites (tertiary alicyclic amines) is 1. The molecule has 3 heterocycles. The molecule has 36 heavy (non-hydrogen) atoms. The number of nitrogens with zero attached hydrogens (tertiary/aromatic N) is 5. The molecule has 3 radical (unpaired) electrons. The third kappa shape index (κ3) is 6.63. The Morgan fingerprint density at radius 2 is 2.19 bits per heavy atom. The van der Waals surface area contributed by atoms with Crippen LogP contribution in [-0.4, -0.2) is 81.8 Å². The van der Waals surface area contributed by atoms with Crippen LogP contribution in [0.5, 0.6) is 6.01 Å². The second kappa shape index (κ2) is 11.3. The molecule has 0 spiro atoms. The van der Waals surface area contributed by atoms with Crippen LogP contribution in [0.3, 0.4) is 0 Å². The van der Waals surface area contributed by atoms with Crippen LogP contribution in [0.2, 0.25) is 1.41 Å². The quantitative estimate of drug-likeness (QED) is 0.507. The number of carbonyl (C=O) groups excluding carboxylic acids is 1. The highest BCUT2D eigenvalue weighted by Gasteiger charge is 2.43. The van der Waals surface area contributed by atoms with Crippen molar-refractivity contribution in [3.05, 3.63) is 11.9 Å². The van der Waals surface area contributed by atoms with Crippen LogP contribution < -0.4 is 10.0 Å². The SMILES string of the molecule is [2H]N(C[B][B])c1nc(O[C@@H](C)CCC)nn2c(C(O)C3CCN(C(=O)OC(C)(C)C)CC3(C)C)cnc12. The summed E-state index contributed by atoms with van der Waals surface area (Å²) in [4.78, 5) is 23.2. The summed E-state index contributed by atoms with van der Waals surface area (Å²) in [5.74, 6) is 0.0465. The Hall–Kier alpha value is -2.49. The second-order valence-electron chi connectivity index (χ2n) is 11.2. The minimum absolute atomic E-state index is 0.100. The molecule has 3 rings (SSSR count). The van der Waals surface area contributed by atoms with Crippen molar-refractivity contribution in [3.63, 3.8) is 0 Å². The topological polar surface area (TPSA) is 114 Å². The van der Waals surface area contributed by atoms with E-state index in [-0.39, 0.29) is 36.4 Å². The molecule has 2 N–H and O–H groups in total. The van der Waals surface area contributed by atoms with Gasteiger partial charge in [0.15, 0.2) is 12.9 Å². The van der Waals surface area contributed by atoms with Crippen molar-refractivity contribution in [3.8, 4) is 6.01 Å². The number of fused-ring (bicyclic) bond motifs is 1. The van der Waals surface area contributed by atoms with Crippen molar-refractivity contribution in [1.82, 2.24) is 24.5 Å². The van der Waals surface area contributed by atoms with Gasteiger partial charge in [-0.2, -0.15) is 4.98 Å². The average Bonchev–Trinajstić information content (AvgIpc) is 3.20. The van der Waals surface area contributed by atoms with Crippen molar-refractivity contribution >= 4 is 32.5 Å². The first-order chi connectivity index (χ1) is 17.3. The number of aromatic nitrogens is 4. The molecule has 1 aliphatic heterocycles. The molecule has 195 valence electrons. The Morgan fingerprint density at radius 1 is 1.47 bits per heavy atom. The summed E-state index contributed by atoms with van der Waals surface area (Å²) in [5, 5.41) is 17.2. The smallest absolute Gasteiger partial charge is 0.410 e. The molecule has 10 nitrogen and oxygen atoms in total. The zero-order chi connectivity index (χ0) is 27.5. The molecule has 1 fully saturated rings. The Morgan fingerprint density at radius 3 is 2.81 bits per heavy atom. The summed E-state index contributed by atoms with van der Waals surface area (Å²) in [7, 11) is 6.90. The summed E-state index contributed by atoms with van der Waals surface area (Å²) >= 11 is 0. The van der Waals surface area contributed by atoms with Gasteiger partial charge in [-0.3, -0.25) is 0 Å². The largest absolute Gasteiger partial charge is 0.459 e. The first-order valence-electron chi connectivity index (χ1n) is 13.1. The van der Waals surface area contributed by atoms with Gasteiger partial charge in [-0.05, 0) is 58.3 Å². The minimum Gasteiger partial charge on any atom is -0.459 e. The number of hydrogen-bond donors (Lipinski definition) is 2. The molecule has 0 bridgehead atoms. The van der Waals surface area contributed by atoms with E-state index >= 15 is 0 Å². The van der Waals surface area contributed by atoms with E-state index in [1.165, 1.54) is 11.7 Å². The van der Waals surface area contributed by atoms with Crippen LogP contribution in [0.1, 0.15) is 79.5 Å².